The number of anilines is 1. The molecule has 12 heteroatoms. The number of hydrogen-bond donors (Lipinski definition) is 4. The van der Waals surface area contributed by atoms with Crippen LogP contribution in [0.2, 0.25) is 0 Å². The van der Waals surface area contributed by atoms with Crippen molar-refractivity contribution in [3.8, 4) is 5.88 Å². The molecule has 3 heterocycles. The van der Waals surface area contributed by atoms with Crippen molar-refractivity contribution in [2.45, 2.75) is 31.8 Å². The molecule has 2 aliphatic heterocycles. The number of hydrogen-bond acceptors (Lipinski definition) is 8. The van der Waals surface area contributed by atoms with Gasteiger partial charge in [-0.05, 0) is 30.5 Å². The maximum atomic E-state index is 13.1. The van der Waals surface area contributed by atoms with Gasteiger partial charge in [0, 0.05) is 37.5 Å². The lowest BCUT2D eigenvalue weighted by Gasteiger charge is -2.27. The van der Waals surface area contributed by atoms with Gasteiger partial charge in [0.05, 0.1) is 17.7 Å². The molecule has 2 aliphatic rings. The highest BCUT2D eigenvalue weighted by molar-refractivity contribution is 6.25. The normalized spacial score (nSPS) is 17.1. The zero-order valence-electron chi connectivity index (χ0n) is 18.6. The first-order valence-electron chi connectivity index (χ1n) is 11.0. The molecule has 1 unspecified atom stereocenters. The van der Waals surface area contributed by atoms with E-state index in [1.54, 1.807) is 24.3 Å². The van der Waals surface area contributed by atoms with E-state index in [2.05, 4.69) is 20.9 Å². The largest absolute Gasteiger partial charge is 0.478 e. The number of amides is 5. The molecule has 2 aromatic rings. The smallest absolute Gasteiger partial charge is 0.404 e. The van der Waals surface area contributed by atoms with Gasteiger partial charge in [-0.2, -0.15) is 0 Å². The number of ether oxygens (including phenoxy) is 1. The van der Waals surface area contributed by atoms with Gasteiger partial charge in [-0.15, -0.1) is 0 Å². The number of aromatic nitrogens is 1. The molecule has 12 nitrogen and oxygen atoms in total. The van der Waals surface area contributed by atoms with Crippen molar-refractivity contribution < 1.29 is 33.8 Å². The minimum atomic E-state index is -1.11. The topological polar surface area (TPSA) is 167 Å². The Kier molecular flexibility index (Phi) is 6.90. The molecule has 1 saturated heterocycles. The summed E-state index contributed by atoms with van der Waals surface area (Å²) in [7, 11) is 0. The van der Waals surface area contributed by atoms with Gasteiger partial charge in [0.15, 0.2) is 0 Å². The minimum Gasteiger partial charge on any atom is -0.478 e. The third-order valence-corrected chi connectivity index (χ3v) is 5.60. The van der Waals surface area contributed by atoms with Gasteiger partial charge in [0.2, 0.25) is 17.7 Å². The van der Waals surface area contributed by atoms with Crippen LogP contribution in [0.25, 0.3) is 0 Å². The molecule has 0 spiro atoms. The third kappa shape index (κ3) is 5.21. The highest BCUT2D eigenvalue weighted by Crippen LogP contribution is 2.32. The highest BCUT2D eigenvalue weighted by atomic mass is 16.5. The molecular formula is C23H23N5O7. The summed E-state index contributed by atoms with van der Waals surface area (Å²) in [4.78, 5) is 65.2. The van der Waals surface area contributed by atoms with E-state index in [-0.39, 0.29) is 30.5 Å². The Balaban J connectivity index is 1.31. The van der Waals surface area contributed by atoms with Crippen LogP contribution in [0.5, 0.6) is 5.88 Å². The number of fused-ring (bicyclic) bond motifs is 1. The average Bonchev–Trinajstić information content (AvgIpc) is 3.09. The van der Waals surface area contributed by atoms with Crippen molar-refractivity contribution in [1.82, 2.24) is 20.5 Å². The van der Waals surface area contributed by atoms with Crippen molar-refractivity contribution in [3.05, 3.63) is 53.2 Å². The van der Waals surface area contributed by atoms with Gasteiger partial charge in [-0.1, -0.05) is 12.1 Å². The van der Waals surface area contributed by atoms with Gasteiger partial charge in [-0.3, -0.25) is 29.4 Å². The number of nitrogens with zero attached hydrogens (tertiary/aromatic N) is 2. The number of imide groups is 2. The Hall–Kier alpha value is -4.48. The Labute approximate surface area is 199 Å². The zero-order valence-corrected chi connectivity index (χ0v) is 18.6. The maximum absolute atomic E-state index is 13.1. The van der Waals surface area contributed by atoms with Crippen LogP contribution in [-0.2, 0) is 16.1 Å². The molecule has 1 fully saturated rings. The SMILES string of the molecule is O=C(O)NCc1ccc(OCCCNc2cccc3c2C(=O)N(C2CCC(=O)NC2=O)C3=O)nc1. The Morgan fingerprint density at radius 3 is 2.71 bits per heavy atom. The fourth-order valence-corrected chi connectivity index (χ4v) is 3.91. The van der Waals surface area contributed by atoms with E-state index in [9.17, 15) is 24.0 Å². The van der Waals surface area contributed by atoms with Gasteiger partial charge >= 0.3 is 6.09 Å². The van der Waals surface area contributed by atoms with Gasteiger partial charge in [-0.25, -0.2) is 9.78 Å². The summed E-state index contributed by atoms with van der Waals surface area (Å²) in [6.45, 7) is 0.921. The summed E-state index contributed by atoms with van der Waals surface area (Å²) in [6.07, 6.45) is 1.13. The molecule has 1 aromatic carbocycles. The van der Waals surface area contributed by atoms with E-state index in [1.165, 1.54) is 12.3 Å². The van der Waals surface area contributed by atoms with E-state index in [4.69, 9.17) is 9.84 Å². The number of rotatable bonds is 9. The molecule has 182 valence electrons. The zero-order chi connectivity index (χ0) is 24.9. The summed E-state index contributed by atoms with van der Waals surface area (Å²) >= 11 is 0. The molecule has 5 amide bonds. The second-order valence-electron chi connectivity index (χ2n) is 7.97. The number of carboxylic acid groups (broad SMARTS) is 1. The van der Waals surface area contributed by atoms with Crippen LogP contribution in [0.15, 0.2) is 36.5 Å². The minimum absolute atomic E-state index is 0.0612. The molecule has 1 aromatic heterocycles. The summed E-state index contributed by atoms with van der Waals surface area (Å²) in [5.74, 6) is -1.80. The lowest BCUT2D eigenvalue weighted by Crippen LogP contribution is -2.54. The molecule has 0 saturated carbocycles. The monoisotopic (exact) mass is 481 g/mol. The van der Waals surface area contributed by atoms with E-state index < -0.39 is 35.8 Å². The molecule has 0 radical (unpaired) electrons. The fourth-order valence-electron chi connectivity index (χ4n) is 3.91. The Morgan fingerprint density at radius 1 is 1.17 bits per heavy atom. The number of benzene rings is 1. The lowest BCUT2D eigenvalue weighted by atomic mass is 10.0. The lowest BCUT2D eigenvalue weighted by molar-refractivity contribution is -0.136. The molecule has 0 aliphatic carbocycles. The predicted octanol–water partition coefficient (Wildman–Crippen LogP) is 1.13. The summed E-state index contributed by atoms with van der Waals surface area (Å²) in [5, 5.41) is 16.2. The van der Waals surface area contributed by atoms with Crippen molar-refractivity contribution in [2.75, 3.05) is 18.5 Å². The van der Waals surface area contributed by atoms with Crippen LogP contribution in [-0.4, -0.2) is 63.9 Å². The standard InChI is InChI=1S/C23H23N5O7/c29-17-7-6-16(20(30)27-17)28-21(31)14-3-1-4-15(19(14)22(28)32)24-9-2-10-35-18-8-5-13(11-25-18)12-26-23(33)34/h1,3-5,8,11,16,24,26H,2,6-7,9-10,12H2,(H,33,34)(H,27,29,30). The highest BCUT2D eigenvalue weighted by Gasteiger charge is 2.45. The summed E-state index contributed by atoms with van der Waals surface area (Å²) in [6, 6.07) is 7.22. The number of piperidine rings is 1. The van der Waals surface area contributed by atoms with E-state index in [0.717, 1.165) is 4.90 Å². The van der Waals surface area contributed by atoms with Crippen molar-refractivity contribution >= 4 is 35.4 Å². The maximum Gasteiger partial charge on any atom is 0.404 e. The van der Waals surface area contributed by atoms with Crippen LogP contribution in [0, 0.1) is 0 Å². The Bertz CT molecular complexity index is 1180. The quantitative estimate of drug-likeness (QED) is 0.303. The van der Waals surface area contributed by atoms with E-state index in [1.807, 2.05) is 0 Å². The second kappa shape index (κ2) is 10.2. The van der Waals surface area contributed by atoms with Crippen molar-refractivity contribution in [3.63, 3.8) is 0 Å². The van der Waals surface area contributed by atoms with Crippen LogP contribution >= 0.6 is 0 Å². The molecule has 4 rings (SSSR count). The number of pyridine rings is 1. The van der Waals surface area contributed by atoms with Crippen LogP contribution in [0.4, 0.5) is 10.5 Å². The van der Waals surface area contributed by atoms with Crippen LogP contribution in [0.3, 0.4) is 0 Å². The van der Waals surface area contributed by atoms with Gasteiger partial charge < -0.3 is 20.5 Å². The number of nitrogens with one attached hydrogen (secondary N) is 3. The van der Waals surface area contributed by atoms with Crippen molar-refractivity contribution in [1.29, 1.82) is 0 Å². The summed E-state index contributed by atoms with van der Waals surface area (Å²) < 4.78 is 5.58. The van der Waals surface area contributed by atoms with E-state index in [0.29, 0.717) is 36.7 Å². The fraction of sp³-hybridized carbons (Fsp3) is 0.304. The average molecular weight is 481 g/mol. The Morgan fingerprint density at radius 2 is 2.00 bits per heavy atom. The first-order valence-corrected chi connectivity index (χ1v) is 11.0. The number of carbonyl (C=O) groups is 5. The molecule has 0 bridgehead atoms. The van der Waals surface area contributed by atoms with Crippen LogP contribution < -0.4 is 20.7 Å². The molecule has 35 heavy (non-hydrogen) atoms. The van der Waals surface area contributed by atoms with Crippen LogP contribution in [0.1, 0.15) is 45.5 Å². The van der Waals surface area contributed by atoms with Crippen molar-refractivity contribution in [2.24, 2.45) is 0 Å². The van der Waals surface area contributed by atoms with Gasteiger partial charge in [0.25, 0.3) is 11.8 Å². The summed E-state index contributed by atoms with van der Waals surface area (Å²) in [5.41, 5.74) is 1.59. The second-order valence-corrected chi connectivity index (χ2v) is 7.97. The first kappa shape index (κ1) is 23.7. The van der Waals surface area contributed by atoms with Gasteiger partial charge in [0.1, 0.15) is 6.04 Å². The molecular weight excluding hydrogens is 458 g/mol. The third-order valence-electron chi connectivity index (χ3n) is 5.60. The predicted molar refractivity (Wildman–Crippen MR) is 121 cm³/mol. The first-order chi connectivity index (χ1) is 16.8. The van der Waals surface area contributed by atoms with E-state index >= 15 is 0 Å². The number of carbonyl (C=O) groups excluding carboxylic acids is 4. The molecule has 4 N–H and O–H groups in total. The molecule has 1 atom stereocenters.